The molecule has 0 saturated carbocycles. The maximum atomic E-state index is 14.1. The first-order valence-electron chi connectivity index (χ1n) is 6.07. The van der Waals surface area contributed by atoms with Gasteiger partial charge in [-0.3, -0.25) is 0 Å². The van der Waals surface area contributed by atoms with E-state index >= 15 is 0 Å². The van der Waals surface area contributed by atoms with Crippen molar-refractivity contribution >= 4 is 22.9 Å². The van der Waals surface area contributed by atoms with Crippen molar-refractivity contribution < 1.29 is 18.3 Å². The summed E-state index contributed by atoms with van der Waals surface area (Å²) in [6.07, 6.45) is -0.455. The van der Waals surface area contributed by atoms with Crippen LogP contribution in [0.3, 0.4) is 0 Å². The summed E-state index contributed by atoms with van der Waals surface area (Å²) in [5, 5.41) is 0. The number of thiocarbonyl (C=S) groups is 1. The van der Waals surface area contributed by atoms with Crippen molar-refractivity contribution in [1.82, 2.24) is 0 Å². The Bertz CT molecular complexity index is 492. The highest BCUT2D eigenvalue weighted by Crippen LogP contribution is 2.29. The minimum absolute atomic E-state index is 0.0414. The number of hydrogen-bond donors (Lipinski definition) is 1. The number of nitrogens with two attached hydrogens (primary N) is 1. The number of nitrogens with zero attached hydrogens (tertiary/aromatic N) is 1. The molecule has 0 bridgehead atoms. The normalized spacial score (nSPS) is 22.3. The third-order valence-electron chi connectivity index (χ3n) is 3.44. The van der Waals surface area contributed by atoms with Crippen LogP contribution in [0.5, 0.6) is 0 Å². The second-order valence-corrected chi connectivity index (χ2v) is 5.05. The first-order valence-corrected chi connectivity index (χ1v) is 6.48. The molecule has 0 amide bonds. The van der Waals surface area contributed by atoms with Crippen molar-refractivity contribution in [2.24, 2.45) is 5.73 Å². The Morgan fingerprint density at radius 2 is 1.65 bits per heavy atom. The summed E-state index contributed by atoms with van der Waals surface area (Å²) >= 11 is 4.73. The van der Waals surface area contributed by atoms with Gasteiger partial charge in [0.05, 0.1) is 0 Å². The van der Waals surface area contributed by atoms with Gasteiger partial charge in [-0.25, -0.2) is 8.78 Å². The van der Waals surface area contributed by atoms with Crippen molar-refractivity contribution in [3.05, 3.63) is 29.3 Å². The van der Waals surface area contributed by atoms with Gasteiger partial charge in [0.1, 0.15) is 34.5 Å². The lowest BCUT2D eigenvalue weighted by Crippen LogP contribution is -2.27. The van der Waals surface area contributed by atoms with Crippen LogP contribution in [0.25, 0.3) is 0 Å². The maximum absolute atomic E-state index is 14.1. The van der Waals surface area contributed by atoms with Crippen molar-refractivity contribution in [3.63, 3.8) is 0 Å². The summed E-state index contributed by atoms with van der Waals surface area (Å²) in [4.78, 5) is 1.52. The van der Waals surface area contributed by atoms with Gasteiger partial charge < -0.3 is 20.1 Å². The molecule has 7 heteroatoms. The Kier molecular flexibility index (Phi) is 4.52. The van der Waals surface area contributed by atoms with Crippen molar-refractivity contribution in [2.75, 3.05) is 32.2 Å². The Balaban J connectivity index is 2.32. The van der Waals surface area contributed by atoms with Gasteiger partial charge in [0.15, 0.2) is 0 Å². The molecule has 1 aliphatic rings. The Labute approximate surface area is 121 Å². The summed E-state index contributed by atoms with van der Waals surface area (Å²) in [6, 6.07) is 2.28. The topological polar surface area (TPSA) is 47.7 Å². The summed E-state index contributed by atoms with van der Waals surface area (Å²) < 4.78 is 38.7. The highest BCUT2D eigenvalue weighted by Gasteiger charge is 2.35. The molecule has 1 aromatic carbocycles. The van der Waals surface area contributed by atoms with E-state index in [1.54, 1.807) is 19.1 Å². The van der Waals surface area contributed by atoms with E-state index < -0.39 is 11.6 Å². The number of anilines is 1. The fourth-order valence-corrected chi connectivity index (χ4v) is 2.51. The van der Waals surface area contributed by atoms with Gasteiger partial charge >= 0.3 is 0 Å². The lowest BCUT2D eigenvalue weighted by Gasteiger charge is -2.20. The number of hydrogen-bond acceptors (Lipinski definition) is 4. The molecule has 1 aliphatic heterocycles. The van der Waals surface area contributed by atoms with Gasteiger partial charge in [-0.2, -0.15) is 0 Å². The van der Waals surface area contributed by atoms with Crippen LogP contribution < -0.4 is 10.6 Å². The average Bonchev–Trinajstić information content (AvgIpc) is 2.80. The molecular weight excluding hydrogens is 286 g/mol. The molecule has 20 heavy (non-hydrogen) atoms. The predicted molar refractivity (Wildman–Crippen MR) is 76.1 cm³/mol. The van der Waals surface area contributed by atoms with Gasteiger partial charge in [-0.05, 0) is 12.1 Å². The zero-order valence-electron chi connectivity index (χ0n) is 11.2. The quantitative estimate of drug-likeness (QED) is 0.853. The number of methoxy groups -OCH3 is 2. The molecule has 0 aromatic heterocycles. The lowest BCUT2D eigenvalue weighted by atomic mass is 10.1. The van der Waals surface area contributed by atoms with E-state index in [-0.39, 0.29) is 28.4 Å². The monoisotopic (exact) mass is 302 g/mol. The summed E-state index contributed by atoms with van der Waals surface area (Å²) in [7, 11) is 3.09. The van der Waals surface area contributed by atoms with Crippen LogP contribution in [0.4, 0.5) is 14.5 Å². The van der Waals surface area contributed by atoms with E-state index in [0.717, 1.165) is 12.1 Å². The lowest BCUT2D eigenvalue weighted by molar-refractivity contribution is -0.00461. The molecule has 2 rings (SSSR count). The highest BCUT2D eigenvalue weighted by atomic mass is 32.1. The van der Waals surface area contributed by atoms with Crippen molar-refractivity contribution in [3.8, 4) is 0 Å². The minimum atomic E-state index is -0.695. The molecule has 0 radical (unpaired) electrons. The van der Waals surface area contributed by atoms with Crippen LogP contribution in [-0.2, 0) is 9.47 Å². The van der Waals surface area contributed by atoms with E-state index in [1.807, 2.05) is 0 Å². The Hall–Kier alpha value is -1.31. The molecule has 2 atom stereocenters. The number of ether oxygens (including phenoxy) is 2. The number of rotatable bonds is 4. The fraction of sp³-hybridized carbons (Fsp3) is 0.462. The molecule has 4 nitrogen and oxygen atoms in total. The van der Waals surface area contributed by atoms with Crippen LogP contribution in [0.2, 0.25) is 0 Å². The minimum Gasteiger partial charge on any atom is -0.389 e. The van der Waals surface area contributed by atoms with E-state index in [0.29, 0.717) is 13.1 Å². The molecule has 110 valence electrons. The molecule has 0 spiro atoms. The molecule has 1 heterocycles. The van der Waals surface area contributed by atoms with E-state index in [4.69, 9.17) is 27.4 Å². The molecule has 2 N–H and O–H groups in total. The Morgan fingerprint density at radius 1 is 1.20 bits per heavy atom. The van der Waals surface area contributed by atoms with Gasteiger partial charge in [0.2, 0.25) is 0 Å². The van der Waals surface area contributed by atoms with Crippen molar-refractivity contribution in [1.29, 1.82) is 0 Å². The standard InChI is InChI=1S/C13H16F2N2O2S/c1-18-10-5-17(6-11(10)19-2)12-8(14)3-7(13(16)20)4-9(12)15/h3-4,10-11H,5-6H2,1-2H3,(H2,16,20). The van der Waals surface area contributed by atoms with Crippen LogP contribution in [0.1, 0.15) is 5.56 Å². The molecule has 1 aromatic rings. The van der Waals surface area contributed by atoms with Gasteiger partial charge in [0, 0.05) is 32.9 Å². The third kappa shape index (κ3) is 2.74. The van der Waals surface area contributed by atoms with Crippen LogP contribution >= 0.6 is 12.2 Å². The summed E-state index contributed by atoms with van der Waals surface area (Å²) in [5.74, 6) is -1.39. The van der Waals surface area contributed by atoms with Gasteiger partial charge in [-0.15, -0.1) is 0 Å². The molecule has 1 fully saturated rings. The second kappa shape index (κ2) is 5.99. The zero-order chi connectivity index (χ0) is 14.9. The van der Waals surface area contributed by atoms with Crippen LogP contribution in [0.15, 0.2) is 12.1 Å². The van der Waals surface area contributed by atoms with E-state index in [9.17, 15) is 8.78 Å². The Morgan fingerprint density at radius 3 is 2.00 bits per heavy atom. The molecule has 0 aliphatic carbocycles. The van der Waals surface area contributed by atoms with Gasteiger partial charge in [-0.1, -0.05) is 12.2 Å². The maximum Gasteiger partial charge on any atom is 0.150 e. The van der Waals surface area contributed by atoms with Crippen molar-refractivity contribution in [2.45, 2.75) is 12.2 Å². The third-order valence-corrected chi connectivity index (χ3v) is 3.67. The number of halogens is 2. The first-order chi connectivity index (χ1) is 9.47. The number of benzene rings is 1. The van der Waals surface area contributed by atoms with Gasteiger partial charge in [0.25, 0.3) is 0 Å². The molecule has 1 saturated heterocycles. The second-order valence-electron chi connectivity index (χ2n) is 4.61. The zero-order valence-corrected chi connectivity index (χ0v) is 12.0. The first kappa shape index (κ1) is 15.1. The molecule has 2 unspecified atom stereocenters. The average molecular weight is 302 g/mol. The predicted octanol–water partition coefficient (Wildman–Crippen LogP) is 1.45. The smallest absolute Gasteiger partial charge is 0.150 e. The van der Waals surface area contributed by atoms with E-state index in [1.165, 1.54) is 0 Å². The van der Waals surface area contributed by atoms with E-state index in [2.05, 4.69) is 0 Å². The SMILES string of the molecule is COC1CN(c2c(F)cc(C(N)=S)cc2F)CC1OC. The largest absolute Gasteiger partial charge is 0.389 e. The highest BCUT2D eigenvalue weighted by molar-refractivity contribution is 7.80. The summed E-state index contributed by atoms with van der Waals surface area (Å²) in [6.45, 7) is 0.713. The van der Waals surface area contributed by atoms with Crippen LogP contribution in [-0.4, -0.2) is 44.5 Å². The summed E-state index contributed by atoms with van der Waals surface area (Å²) in [5.41, 5.74) is 5.45. The molecular formula is C13H16F2N2O2S. The van der Waals surface area contributed by atoms with Crippen LogP contribution in [0, 0.1) is 11.6 Å². The fourth-order valence-electron chi connectivity index (χ4n) is 2.39.